The molecule has 72 valence electrons. The van der Waals surface area contributed by atoms with Gasteiger partial charge in [0.2, 0.25) is 0 Å². The number of hydrogen-bond donors (Lipinski definition) is 0. The molecule has 0 N–H and O–H groups in total. The van der Waals surface area contributed by atoms with Crippen molar-refractivity contribution in [3.05, 3.63) is 35.9 Å². The molecule has 0 unspecified atom stereocenters. The largest absolute Gasteiger partial charge is 0.334 e. The molecule has 1 aromatic carbocycles. The Kier molecular flexibility index (Phi) is 1.95. The molecule has 0 amide bonds. The van der Waals surface area contributed by atoms with E-state index in [9.17, 15) is 13.2 Å². The zero-order valence-corrected chi connectivity index (χ0v) is 6.67. The number of halogens is 3. The highest BCUT2D eigenvalue weighted by Gasteiger charge is 2.17. The van der Waals surface area contributed by atoms with Crippen molar-refractivity contribution in [3.8, 4) is 11.5 Å². The van der Waals surface area contributed by atoms with E-state index in [0.29, 0.717) is 0 Å². The maximum Gasteiger partial charge on any atom is 0.260 e. The van der Waals surface area contributed by atoms with Crippen LogP contribution in [0.1, 0.15) is 0 Å². The highest BCUT2D eigenvalue weighted by molar-refractivity contribution is 5.53. The highest BCUT2D eigenvalue weighted by Crippen LogP contribution is 2.23. The average Bonchev–Trinajstić information content (AvgIpc) is 2.67. The molecule has 1 aromatic heterocycles. The fourth-order valence-corrected chi connectivity index (χ4v) is 0.983. The summed E-state index contributed by atoms with van der Waals surface area (Å²) < 4.78 is 42.9. The van der Waals surface area contributed by atoms with Crippen LogP contribution in [0.3, 0.4) is 0 Å². The van der Waals surface area contributed by atoms with Crippen LogP contribution in [0.25, 0.3) is 11.5 Å². The second kappa shape index (κ2) is 3.13. The molecule has 0 bridgehead atoms. The monoisotopic (exact) mass is 200 g/mol. The van der Waals surface area contributed by atoms with Crippen molar-refractivity contribution in [1.82, 2.24) is 10.1 Å². The lowest BCUT2D eigenvalue weighted by atomic mass is 10.2. The van der Waals surface area contributed by atoms with Gasteiger partial charge in [-0.05, 0) is 12.1 Å². The SMILES string of the molecule is Fc1ccc(-c2ncno2)c(F)c1F. The molecule has 0 aliphatic rings. The second-order valence-electron chi connectivity index (χ2n) is 2.47. The Morgan fingerprint density at radius 3 is 2.50 bits per heavy atom. The second-order valence-corrected chi connectivity index (χ2v) is 2.47. The Hall–Kier alpha value is -1.85. The fraction of sp³-hybridized carbons (Fsp3) is 0. The number of nitrogens with zero attached hydrogens (tertiary/aromatic N) is 2. The molecule has 0 atom stereocenters. The van der Waals surface area contributed by atoms with E-state index < -0.39 is 17.5 Å². The van der Waals surface area contributed by atoms with Crippen LogP contribution >= 0.6 is 0 Å². The minimum atomic E-state index is -1.55. The average molecular weight is 200 g/mol. The third-order valence-corrected chi connectivity index (χ3v) is 1.63. The summed E-state index contributed by atoms with van der Waals surface area (Å²) in [6.07, 6.45) is 1.04. The number of rotatable bonds is 1. The van der Waals surface area contributed by atoms with Gasteiger partial charge in [-0.15, -0.1) is 0 Å². The summed E-state index contributed by atoms with van der Waals surface area (Å²) in [5.74, 6) is -4.35. The van der Waals surface area contributed by atoms with E-state index in [4.69, 9.17) is 0 Å². The lowest BCUT2D eigenvalue weighted by molar-refractivity contribution is 0.419. The third kappa shape index (κ3) is 1.24. The molecular weight excluding hydrogens is 197 g/mol. The van der Waals surface area contributed by atoms with Crippen molar-refractivity contribution in [3.63, 3.8) is 0 Å². The zero-order chi connectivity index (χ0) is 10.1. The summed E-state index contributed by atoms with van der Waals surface area (Å²) in [4.78, 5) is 3.51. The first-order chi connectivity index (χ1) is 6.70. The minimum Gasteiger partial charge on any atom is -0.334 e. The molecule has 0 saturated carbocycles. The van der Waals surface area contributed by atoms with Gasteiger partial charge in [0.15, 0.2) is 23.8 Å². The van der Waals surface area contributed by atoms with Gasteiger partial charge in [0.1, 0.15) is 0 Å². The lowest BCUT2D eigenvalue weighted by Gasteiger charge is -1.98. The van der Waals surface area contributed by atoms with Gasteiger partial charge < -0.3 is 4.52 Å². The molecule has 0 aliphatic carbocycles. The maximum atomic E-state index is 13.1. The fourth-order valence-electron chi connectivity index (χ4n) is 0.983. The maximum absolute atomic E-state index is 13.1. The van der Waals surface area contributed by atoms with Gasteiger partial charge in [-0.25, -0.2) is 13.2 Å². The molecule has 2 aromatic rings. The Bertz CT molecular complexity index is 456. The standard InChI is InChI=1S/C8H3F3N2O/c9-5-2-1-4(6(10)7(5)11)8-12-3-13-14-8/h1-3H. The number of aromatic nitrogens is 2. The van der Waals surface area contributed by atoms with Crippen LogP contribution < -0.4 is 0 Å². The van der Waals surface area contributed by atoms with Crippen molar-refractivity contribution in [1.29, 1.82) is 0 Å². The van der Waals surface area contributed by atoms with Crippen LogP contribution in [-0.2, 0) is 0 Å². The van der Waals surface area contributed by atoms with Gasteiger partial charge in [-0.2, -0.15) is 4.98 Å². The summed E-state index contributed by atoms with van der Waals surface area (Å²) in [5.41, 5.74) is -0.263. The van der Waals surface area contributed by atoms with Crippen LogP contribution in [0.4, 0.5) is 13.2 Å². The first-order valence-corrected chi connectivity index (χ1v) is 3.60. The van der Waals surface area contributed by atoms with Gasteiger partial charge in [0.05, 0.1) is 5.56 Å². The smallest absolute Gasteiger partial charge is 0.260 e. The normalized spacial score (nSPS) is 10.5. The van der Waals surface area contributed by atoms with E-state index >= 15 is 0 Å². The molecule has 0 fully saturated rings. The van der Waals surface area contributed by atoms with E-state index in [1.807, 2.05) is 0 Å². The highest BCUT2D eigenvalue weighted by atomic mass is 19.2. The Morgan fingerprint density at radius 1 is 1.07 bits per heavy atom. The van der Waals surface area contributed by atoms with E-state index in [0.717, 1.165) is 18.5 Å². The zero-order valence-electron chi connectivity index (χ0n) is 6.67. The molecule has 0 aliphatic heterocycles. The van der Waals surface area contributed by atoms with Crippen LogP contribution in [0.2, 0.25) is 0 Å². The number of benzene rings is 1. The topological polar surface area (TPSA) is 38.9 Å². The summed E-state index contributed by atoms with van der Waals surface area (Å²) in [6.45, 7) is 0. The summed E-state index contributed by atoms with van der Waals surface area (Å²) in [5, 5.41) is 3.22. The summed E-state index contributed by atoms with van der Waals surface area (Å²) >= 11 is 0. The third-order valence-electron chi connectivity index (χ3n) is 1.63. The van der Waals surface area contributed by atoms with Crippen molar-refractivity contribution in [2.24, 2.45) is 0 Å². The van der Waals surface area contributed by atoms with Crippen LogP contribution in [0.5, 0.6) is 0 Å². The van der Waals surface area contributed by atoms with Crippen molar-refractivity contribution in [2.45, 2.75) is 0 Å². The Labute approximate surface area is 76.2 Å². The Balaban J connectivity index is 2.61. The van der Waals surface area contributed by atoms with E-state index in [-0.39, 0.29) is 11.5 Å². The molecule has 2 rings (SSSR count). The molecule has 1 heterocycles. The van der Waals surface area contributed by atoms with E-state index in [2.05, 4.69) is 14.7 Å². The summed E-state index contributed by atoms with van der Waals surface area (Å²) in [6, 6.07) is 1.82. The summed E-state index contributed by atoms with van der Waals surface area (Å²) in [7, 11) is 0. The molecule has 0 radical (unpaired) electrons. The van der Waals surface area contributed by atoms with Crippen LogP contribution in [0, 0.1) is 17.5 Å². The molecule has 14 heavy (non-hydrogen) atoms. The van der Waals surface area contributed by atoms with Gasteiger partial charge in [0, 0.05) is 0 Å². The van der Waals surface area contributed by atoms with Gasteiger partial charge in [-0.3, -0.25) is 0 Å². The predicted molar refractivity (Wildman–Crippen MR) is 39.6 cm³/mol. The van der Waals surface area contributed by atoms with Gasteiger partial charge in [0.25, 0.3) is 5.89 Å². The van der Waals surface area contributed by atoms with E-state index in [1.165, 1.54) is 0 Å². The first-order valence-electron chi connectivity index (χ1n) is 3.60. The molecule has 3 nitrogen and oxygen atoms in total. The van der Waals surface area contributed by atoms with Crippen molar-refractivity contribution < 1.29 is 17.7 Å². The minimum absolute atomic E-state index is 0.193. The molecule has 0 saturated heterocycles. The van der Waals surface area contributed by atoms with Crippen LogP contribution in [0.15, 0.2) is 23.0 Å². The molecular formula is C8H3F3N2O. The van der Waals surface area contributed by atoms with E-state index in [1.54, 1.807) is 0 Å². The van der Waals surface area contributed by atoms with Gasteiger partial charge >= 0.3 is 0 Å². The molecule has 0 spiro atoms. The van der Waals surface area contributed by atoms with Crippen molar-refractivity contribution >= 4 is 0 Å². The lowest BCUT2D eigenvalue weighted by Crippen LogP contribution is -1.93. The number of hydrogen-bond acceptors (Lipinski definition) is 3. The van der Waals surface area contributed by atoms with Crippen LogP contribution in [-0.4, -0.2) is 10.1 Å². The predicted octanol–water partition coefficient (Wildman–Crippen LogP) is 2.15. The quantitative estimate of drug-likeness (QED) is 0.662. The molecule has 6 heteroatoms. The van der Waals surface area contributed by atoms with Gasteiger partial charge in [-0.1, -0.05) is 5.16 Å². The Morgan fingerprint density at radius 2 is 1.86 bits per heavy atom. The first kappa shape index (κ1) is 8.74. The van der Waals surface area contributed by atoms with Crippen molar-refractivity contribution in [2.75, 3.05) is 0 Å².